The van der Waals surface area contributed by atoms with Crippen LogP contribution in [0.15, 0.2) is 24.3 Å². The first-order valence-electron chi connectivity index (χ1n) is 7.49. The summed E-state index contributed by atoms with van der Waals surface area (Å²) in [6, 6.07) is 7.60. The smallest absolute Gasteiger partial charge is 0.311 e. The minimum absolute atomic E-state index is 0.183. The fraction of sp³-hybridized carbons (Fsp3) is 0.588. The molecule has 1 rings (SSSR count). The zero-order valence-electron chi connectivity index (χ0n) is 13.6. The van der Waals surface area contributed by atoms with Gasteiger partial charge in [-0.25, -0.2) is 0 Å². The molecule has 1 aromatic rings. The predicted octanol–water partition coefficient (Wildman–Crippen LogP) is 4.21. The van der Waals surface area contributed by atoms with Gasteiger partial charge in [0.15, 0.2) is 0 Å². The molecule has 0 atom stereocenters. The average molecular weight is 373 g/mol. The maximum absolute atomic E-state index is 11.6. The Hall–Kier alpha value is -1.23. The summed E-state index contributed by atoms with van der Waals surface area (Å²) in [7, 11) is 1.42. The largest absolute Gasteiger partial charge is 0.494 e. The van der Waals surface area contributed by atoms with Crippen molar-refractivity contribution in [2.45, 2.75) is 33.1 Å². The molecule has 0 aliphatic heterocycles. The molecular weight excluding hydrogens is 348 g/mol. The first-order chi connectivity index (χ1) is 10.5. The number of methoxy groups -OCH3 is 1. The third-order valence-electron chi connectivity index (χ3n) is 3.32. The summed E-state index contributed by atoms with van der Waals surface area (Å²) in [4.78, 5) is 11.6. The van der Waals surface area contributed by atoms with E-state index in [0.29, 0.717) is 13.2 Å². The van der Waals surface area contributed by atoms with Crippen LogP contribution in [0.1, 0.15) is 33.1 Å². The van der Waals surface area contributed by atoms with Gasteiger partial charge in [0.1, 0.15) is 11.5 Å². The number of carbonyl (C=O) groups is 1. The molecule has 0 fully saturated rings. The monoisotopic (exact) mass is 372 g/mol. The van der Waals surface area contributed by atoms with Crippen molar-refractivity contribution in [1.29, 1.82) is 0 Å². The third kappa shape index (κ3) is 6.69. The Morgan fingerprint density at radius 2 is 1.55 bits per heavy atom. The van der Waals surface area contributed by atoms with E-state index < -0.39 is 5.41 Å². The van der Waals surface area contributed by atoms with E-state index in [1.807, 2.05) is 38.1 Å². The number of ether oxygens (including phenoxy) is 3. The Morgan fingerprint density at radius 3 is 2.00 bits per heavy atom. The number of hydrogen-bond donors (Lipinski definition) is 0. The minimum atomic E-state index is -0.467. The minimum Gasteiger partial charge on any atom is -0.494 e. The molecule has 0 aliphatic rings. The van der Waals surface area contributed by atoms with E-state index in [2.05, 4.69) is 15.9 Å². The fourth-order valence-electron chi connectivity index (χ4n) is 1.96. The van der Waals surface area contributed by atoms with E-state index >= 15 is 0 Å². The van der Waals surface area contributed by atoms with Gasteiger partial charge in [0.2, 0.25) is 0 Å². The molecule has 0 aliphatic carbocycles. The zero-order chi connectivity index (χ0) is 16.4. The first kappa shape index (κ1) is 18.8. The molecule has 124 valence electrons. The highest BCUT2D eigenvalue weighted by Crippen LogP contribution is 2.24. The number of halogens is 1. The number of esters is 1. The number of hydrogen-bond acceptors (Lipinski definition) is 4. The summed E-state index contributed by atoms with van der Waals surface area (Å²) in [6.07, 6.45) is 2.51. The van der Waals surface area contributed by atoms with Gasteiger partial charge in [0, 0.05) is 5.33 Å². The van der Waals surface area contributed by atoms with Crippen molar-refractivity contribution in [2.75, 3.05) is 25.7 Å². The third-order valence-corrected chi connectivity index (χ3v) is 3.88. The lowest BCUT2D eigenvalue weighted by Crippen LogP contribution is -2.26. The maximum atomic E-state index is 11.6. The van der Waals surface area contributed by atoms with Gasteiger partial charge < -0.3 is 14.2 Å². The van der Waals surface area contributed by atoms with Crippen molar-refractivity contribution in [3.63, 3.8) is 0 Å². The second-order valence-electron chi connectivity index (χ2n) is 5.69. The van der Waals surface area contributed by atoms with Crippen molar-refractivity contribution >= 4 is 21.9 Å². The first-order valence-corrected chi connectivity index (χ1v) is 8.62. The van der Waals surface area contributed by atoms with Crippen LogP contribution in [-0.4, -0.2) is 31.6 Å². The molecule has 22 heavy (non-hydrogen) atoms. The van der Waals surface area contributed by atoms with Crippen LogP contribution in [0.25, 0.3) is 0 Å². The molecular formula is C17H25BrO4. The van der Waals surface area contributed by atoms with Crippen molar-refractivity contribution in [3.8, 4) is 11.5 Å². The molecule has 0 bridgehead atoms. The molecule has 0 aromatic heterocycles. The highest BCUT2D eigenvalue weighted by atomic mass is 79.9. The average Bonchev–Trinajstić information content (AvgIpc) is 2.52. The standard InChI is InChI=1S/C17H25BrO4/c1-17(2,16(19)20-3)10-4-12-21-14-6-8-15(9-7-14)22-13-5-11-18/h6-9H,4-5,10-13H2,1-3H3. The Balaban J connectivity index is 2.29. The number of alkyl halides is 1. The van der Waals surface area contributed by atoms with E-state index in [9.17, 15) is 4.79 Å². The van der Waals surface area contributed by atoms with E-state index in [-0.39, 0.29) is 5.97 Å². The van der Waals surface area contributed by atoms with E-state index in [0.717, 1.165) is 36.1 Å². The van der Waals surface area contributed by atoms with Gasteiger partial charge >= 0.3 is 5.97 Å². The fourth-order valence-corrected chi connectivity index (χ4v) is 2.19. The summed E-state index contributed by atoms with van der Waals surface area (Å²) in [5.41, 5.74) is -0.467. The lowest BCUT2D eigenvalue weighted by Gasteiger charge is -2.21. The zero-order valence-corrected chi connectivity index (χ0v) is 15.1. The normalized spacial score (nSPS) is 11.1. The van der Waals surface area contributed by atoms with Crippen LogP contribution < -0.4 is 9.47 Å². The van der Waals surface area contributed by atoms with Gasteiger partial charge in [-0.15, -0.1) is 0 Å². The number of rotatable bonds is 10. The van der Waals surface area contributed by atoms with Gasteiger partial charge in [-0.05, 0) is 57.4 Å². The second-order valence-corrected chi connectivity index (χ2v) is 6.48. The molecule has 0 heterocycles. The van der Waals surface area contributed by atoms with E-state index in [1.165, 1.54) is 7.11 Å². The maximum Gasteiger partial charge on any atom is 0.311 e. The van der Waals surface area contributed by atoms with Crippen LogP contribution in [0.4, 0.5) is 0 Å². The van der Waals surface area contributed by atoms with Crippen LogP contribution in [0.5, 0.6) is 11.5 Å². The van der Waals surface area contributed by atoms with Gasteiger partial charge in [0.05, 0.1) is 25.7 Å². The molecule has 4 nitrogen and oxygen atoms in total. The van der Waals surface area contributed by atoms with Gasteiger partial charge in [-0.3, -0.25) is 4.79 Å². The van der Waals surface area contributed by atoms with Gasteiger partial charge in [0.25, 0.3) is 0 Å². The van der Waals surface area contributed by atoms with Crippen LogP contribution in [-0.2, 0) is 9.53 Å². The Kier molecular flexibility index (Phi) is 8.31. The molecule has 0 N–H and O–H groups in total. The highest BCUT2D eigenvalue weighted by molar-refractivity contribution is 9.09. The van der Waals surface area contributed by atoms with Gasteiger partial charge in [-0.1, -0.05) is 15.9 Å². The lowest BCUT2D eigenvalue weighted by molar-refractivity contribution is -0.151. The number of benzene rings is 1. The molecule has 0 radical (unpaired) electrons. The topological polar surface area (TPSA) is 44.8 Å². The number of carbonyl (C=O) groups excluding carboxylic acids is 1. The Bertz CT molecular complexity index is 442. The summed E-state index contributed by atoms with van der Waals surface area (Å²) in [5, 5.41) is 0.941. The van der Waals surface area contributed by atoms with Crippen molar-refractivity contribution < 1.29 is 19.0 Å². The molecule has 0 saturated carbocycles. The van der Waals surface area contributed by atoms with Crippen molar-refractivity contribution in [2.24, 2.45) is 5.41 Å². The summed E-state index contributed by atoms with van der Waals surface area (Å²) in [6.45, 7) is 5.05. The summed E-state index contributed by atoms with van der Waals surface area (Å²) >= 11 is 3.37. The SMILES string of the molecule is COC(=O)C(C)(C)CCCOc1ccc(OCCCBr)cc1. The van der Waals surface area contributed by atoms with Crippen molar-refractivity contribution in [1.82, 2.24) is 0 Å². The van der Waals surface area contributed by atoms with E-state index in [4.69, 9.17) is 14.2 Å². The Labute approximate surface area is 141 Å². The quantitative estimate of drug-likeness (QED) is 0.350. The highest BCUT2D eigenvalue weighted by Gasteiger charge is 2.27. The van der Waals surface area contributed by atoms with Crippen LogP contribution in [0, 0.1) is 5.41 Å². The molecule has 0 amide bonds. The van der Waals surface area contributed by atoms with Crippen LogP contribution in [0.2, 0.25) is 0 Å². The van der Waals surface area contributed by atoms with Crippen molar-refractivity contribution in [3.05, 3.63) is 24.3 Å². The molecule has 1 aromatic carbocycles. The predicted molar refractivity (Wildman–Crippen MR) is 90.9 cm³/mol. The molecule has 0 saturated heterocycles. The second kappa shape index (κ2) is 9.72. The molecule has 5 heteroatoms. The van der Waals surface area contributed by atoms with Gasteiger partial charge in [-0.2, -0.15) is 0 Å². The molecule has 0 spiro atoms. The van der Waals surface area contributed by atoms with Crippen LogP contribution >= 0.6 is 15.9 Å². The lowest BCUT2D eigenvalue weighted by atomic mass is 9.88. The molecule has 0 unspecified atom stereocenters. The van der Waals surface area contributed by atoms with E-state index in [1.54, 1.807) is 0 Å². The Morgan fingerprint density at radius 1 is 1.05 bits per heavy atom. The van der Waals surface area contributed by atoms with Crippen LogP contribution in [0.3, 0.4) is 0 Å². The summed E-state index contributed by atoms with van der Waals surface area (Å²) in [5.74, 6) is 1.47. The summed E-state index contributed by atoms with van der Waals surface area (Å²) < 4.78 is 16.0.